The molecular formula is C23H26FN3O2. The first-order valence-electron chi connectivity index (χ1n) is 10.4. The number of aryl methyl sites for hydroxylation is 1. The number of pyridine rings is 1. The number of fused-ring (bicyclic) bond motifs is 1. The molecule has 3 fully saturated rings. The third-order valence-electron chi connectivity index (χ3n) is 6.97. The number of benzene rings is 1. The van der Waals surface area contributed by atoms with Crippen LogP contribution in [0.3, 0.4) is 0 Å². The van der Waals surface area contributed by atoms with E-state index >= 15 is 0 Å². The van der Waals surface area contributed by atoms with E-state index in [2.05, 4.69) is 46.4 Å². The van der Waals surface area contributed by atoms with Crippen molar-refractivity contribution in [1.29, 1.82) is 0 Å². The van der Waals surface area contributed by atoms with Crippen LogP contribution < -0.4 is 5.32 Å². The van der Waals surface area contributed by atoms with Crippen LogP contribution in [-0.4, -0.2) is 47.1 Å². The second-order valence-electron chi connectivity index (χ2n) is 8.73. The first kappa shape index (κ1) is 18.7. The second-order valence-corrected chi connectivity index (χ2v) is 8.73. The number of amides is 1. The number of carbonyl (C=O) groups excluding carboxylic acids is 1. The van der Waals surface area contributed by atoms with E-state index in [-0.39, 0.29) is 23.2 Å². The molecule has 3 aliphatic rings. The predicted molar refractivity (Wildman–Crippen MR) is 107 cm³/mol. The SMILES string of the molecule is Cc1ccccc1CN1C[C@@H]2[C@H](CNC(=O)c3cncc(F)c3)[C@H]3CC[C@]2(C1)O3. The second kappa shape index (κ2) is 7.18. The van der Waals surface area contributed by atoms with Gasteiger partial charge in [-0.1, -0.05) is 24.3 Å². The number of hydrogen-bond donors (Lipinski definition) is 1. The Balaban J connectivity index is 1.26. The molecule has 4 atom stereocenters. The molecule has 3 saturated heterocycles. The van der Waals surface area contributed by atoms with E-state index in [1.54, 1.807) is 0 Å². The van der Waals surface area contributed by atoms with Crippen molar-refractivity contribution in [2.75, 3.05) is 19.6 Å². The van der Waals surface area contributed by atoms with Crippen LogP contribution in [0.25, 0.3) is 0 Å². The van der Waals surface area contributed by atoms with Crippen molar-refractivity contribution in [2.45, 2.75) is 38.0 Å². The van der Waals surface area contributed by atoms with Gasteiger partial charge in [-0.3, -0.25) is 14.7 Å². The Bertz CT molecular complexity index is 936. The third-order valence-corrected chi connectivity index (χ3v) is 6.97. The van der Waals surface area contributed by atoms with E-state index in [9.17, 15) is 9.18 Å². The maximum Gasteiger partial charge on any atom is 0.252 e. The molecule has 5 rings (SSSR count). The van der Waals surface area contributed by atoms with Crippen LogP contribution in [0.15, 0.2) is 42.7 Å². The van der Waals surface area contributed by atoms with Crippen LogP contribution in [-0.2, 0) is 11.3 Å². The first-order chi connectivity index (χ1) is 14.0. The lowest BCUT2D eigenvalue weighted by Crippen LogP contribution is -2.41. The first-order valence-corrected chi connectivity index (χ1v) is 10.4. The zero-order chi connectivity index (χ0) is 20.0. The zero-order valence-corrected chi connectivity index (χ0v) is 16.6. The summed E-state index contributed by atoms with van der Waals surface area (Å²) in [5, 5.41) is 2.99. The highest BCUT2D eigenvalue weighted by molar-refractivity contribution is 5.93. The smallest absolute Gasteiger partial charge is 0.252 e. The van der Waals surface area contributed by atoms with Gasteiger partial charge in [-0.05, 0) is 37.0 Å². The Kier molecular flexibility index (Phi) is 4.63. The molecular weight excluding hydrogens is 369 g/mol. The summed E-state index contributed by atoms with van der Waals surface area (Å²) < 4.78 is 19.8. The van der Waals surface area contributed by atoms with Gasteiger partial charge >= 0.3 is 0 Å². The molecule has 0 saturated carbocycles. The quantitative estimate of drug-likeness (QED) is 0.846. The number of rotatable bonds is 5. The molecule has 1 spiro atoms. The molecule has 152 valence electrons. The Morgan fingerprint density at radius 3 is 3.07 bits per heavy atom. The largest absolute Gasteiger partial charge is 0.370 e. The number of aromatic nitrogens is 1. The Labute approximate surface area is 170 Å². The minimum Gasteiger partial charge on any atom is -0.370 e. The molecule has 0 aliphatic carbocycles. The van der Waals surface area contributed by atoms with Gasteiger partial charge in [0.15, 0.2) is 0 Å². The molecule has 1 N–H and O–H groups in total. The van der Waals surface area contributed by atoms with Gasteiger partial charge in [0.2, 0.25) is 0 Å². The summed E-state index contributed by atoms with van der Waals surface area (Å²) in [5.41, 5.74) is 2.88. The van der Waals surface area contributed by atoms with Gasteiger partial charge in [0.1, 0.15) is 5.82 Å². The molecule has 6 heteroatoms. The van der Waals surface area contributed by atoms with E-state index in [0.717, 1.165) is 38.7 Å². The molecule has 0 radical (unpaired) electrons. The molecule has 4 heterocycles. The molecule has 3 aliphatic heterocycles. The highest BCUT2D eigenvalue weighted by Gasteiger charge is 2.62. The fraction of sp³-hybridized carbons (Fsp3) is 0.478. The highest BCUT2D eigenvalue weighted by Crippen LogP contribution is 2.54. The predicted octanol–water partition coefficient (Wildman–Crippen LogP) is 2.94. The van der Waals surface area contributed by atoms with Crippen molar-refractivity contribution in [1.82, 2.24) is 15.2 Å². The summed E-state index contributed by atoms with van der Waals surface area (Å²) in [6, 6.07) is 9.75. The number of halogens is 1. The van der Waals surface area contributed by atoms with Gasteiger partial charge in [-0.2, -0.15) is 0 Å². The summed E-state index contributed by atoms with van der Waals surface area (Å²) in [6.07, 6.45) is 4.87. The van der Waals surface area contributed by atoms with Crippen LogP contribution >= 0.6 is 0 Å². The van der Waals surface area contributed by atoms with E-state index in [0.29, 0.717) is 18.4 Å². The maximum absolute atomic E-state index is 13.3. The average Bonchev–Trinajstić information content (AvgIpc) is 3.36. The summed E-state index contributed by atoms with van der Waals surface area (Å²) in [5.74, 6) is -0.0432. The molecule has 5 nitrogen and oxygen atoms in total. The summed E-state index contributed by atoms with van der Waals surface area (Å²) in [7, 11) is 0. The van der Waals surface area contributed by atoms with E-state index in [1.165, 1.54) is 23.4 Å². The lowest BCUT2D eigenvalue weighted by Gasteiger charge is -2.29. The Morgan fingerprint density at radius 1 is 1.38 bits per heavy atom. The van der Waals surface area contributed by atoms with Gasteiger partial charge in [-0.25, -0.2) is 4.39 Å². The number of hydrogen-bond acceptors (Lipinski definition) is 4. The van der Waals surface area contributed by atoms with Crippen LogP contribution in [0, 0.1) is 24.6 Å². The topological polar surface area (TPSA) is 54.5 Å². The van der Waals surface area contributed by atoms with Gasteiger partial charge < -0.3 is 10.1 Å². The summed E-state index contributed by atoms with van der Waals surface area (Å²) in [4.78, 5) is 18.7. The maximum atomic E-state index is 13.3. The average molecular weight is 395 g/mol. The van der Waals surface area contributed by atoms with Crippen LogP contribution in [0.5, 0.6) is 0 Å². The van der Waals surface area contributed by atoms with Crippen LogP contribution in [0.1, 0.15) is 34.3 Å². The normalized spacial score (nSPS) is 30.5. The van der Waals surface area contributed by atoms with Crippen LogP contribution in [0.2, 0.25) is 0 Å². The van der Waals surface area contributed by atoms with Crippen molar-refractivity contribution in [3.63, 3.8) is 0 Å². The molecule has 0 unspecified atom stereocenters. The van der Waals surface area contributed by atoms with Crippen molar-refractivity contribution in [3.8, 4) is 0 Å². The minimum absolute atomic E-state index is 0.0663. The van der Waals surface area contributed by atoms with Crippen molar-refractivity contribution >= 4 is 5.91 Å². The third kappa shape index (κ3) is 3.34. The summed E-state index contributed by atoms with van der Waals surface area (Å²) >= 11 is 0. The monoisotopic (exact) mass is 395 g/mol. The van der Waals surface area contributed by atoms with E-state index in [1.807, 2.05) is 0 Å². The van der Waals surface area contributed by atoms with Crippen molar-refractivity contribution < 1.29 is 13.9 Å². The highest BCUT2D eigenvalue weighted by atomic mass is 19.1. The lowest BCUT2D eigenvalue weighted by molar-refractivity contribution is 0.00211. The Hall–Kier alpha value is -2.31. The molecule has 2 bridgehead atoms. The molecule has 1 amide bonds. The number of nitrogens with one attached hydrogen (secondary N) is 1. The minimum atomic E-state index is -0.498. The van der Waals surface area contributed by atoms with Gasteiger partial charge in [0, 0.05) is 44.2 Å². The lowest BCUT2D eigenvalue weighted by atomic mass is 9.73. The molecule has 1 aromatic carbocycles. The summed E-state index contributed by atoms with van der Waals surface area (Å²) in [6.45, 7) is 5.61. The van der Waals surface area contributed by atoms with E-state index < -0.39 is 5.82 Å². The fourth-order valence-corrected chi connectivity index (χ4v) is 5.56. The number of ether oxygens (including phenoxy) is 1. The molecule has 1 aromatic heterocycles. The van der Waals surface area contributed by atoms with Crippen LogP contribution in [0.4, 0.5) is 4.39 Å². The number of likely N-dealkylation sites (tertiary alicyclic amines) is 1. The van der Waals surface area contributed by atoms with Gasteiger partial charge in [0.05, 0.1) is 23.5 Å². The van der Waals surface area contributed by atoms with E-state index in [4.69, 9.17) is 4.74 Å². The number of carbonyl (C=O) groups is 1. The molecule has 29 heavy (non-hydrogen) atoms. The Morgan fingerprint density at radius 2 is 2.24 bits per heavy atom. The molecule has 2 aromatic rings. The van der Waals surface area contributed by atoms with Crippen molar-refractivity contribution in [2.24, 2.45) is 11.8 Å². The standard InChI is InChI=1S/C23H26FN3O2/c1-15-4-2-3-5-16(15)12-27-13-20-19(21-6-7-23(20,14-27)29-21)11-26-22(28)17-8-18(24)10-25-9-17/h2-5,8-10,19-21H,6-7,11-14H2,1H3,(H,26,28)/t19-,20+,21+,23+/m0/s1. The van der Waals surface area contributed by atoms with Gasteiger partial charge in [0.25, 0.3) is 5.91 Å². The number of nitrogens with zero attached hydrogens (tertiary/aromatic N) is 2. The fourth-order valence-electron chi connectivity index (χ4n) is 5.56. The zero-order valence-electron chi connectivity index (χ0n) is 16.6. The van der Waals surface area contributed by atoms with Crippen molar-refractivity contribution in [3.05, 3.63) is 65.2 Å². The van der Waals surface area contributed by atoms with Gasteiger partial charge in [-0.15, -0.1) is 0 Å².